The number of hydrogen-bond donors (Lipinski definition) is 2. The first-order valence-electron chi connectivity index (χ1n) is 3.07. The maximum atomic E-state index is 10.3. The highest BCUT2D eigenvalue weighted by Gasteiger charge is 2.12. The lowest BCUT2D eigenvalue weighted by Gasteiger charge is -2.02. The largest absolute Gasteiger partial charge is 0.363 e. The molecule has 0 aliphatic carbocycles. The Morgan fingerprint density at radius 2 is 2.42 bits per heavy atom. The number of ether oxygens (including phenoxy) is 1. The highest BCUT2D eigenvalue weighted by atomic mass is 32.1. The number of thiazole rings is 1. The van der Waals surface area contributed by atoms with Crippen LogP contribution in [0.4, 0.5) is 0 Å². The van der Waals surface area contributed by atoms with E-state index in [4.69, 9.17) is 14.5 Å². The van der Waals surface area contributed by atoms with Crippen LogP contribution in [0.5, 0.6) is 0 Å². The summed E-state index contributed by atoms with van der Waals surface area (Å²) in [4.78, 5) is 20.7. The van der Waals surface area contributed by atoms with Crippen molar-refractivity contribution in [1.82, 2.24) is 4.98 Å². The second-order valence-electron chi connectivity index (χ2n) is 2.12. The van der Waals surface area contributed by atoms with Crippen LogP contribution in [0, 0.1) is 0 Å². The standard InChI is InChI=1S/C5H8NO4PS/c7-11(8,9)4-10-1-5-2-12-3-6-5/h2-3H,1,4H2,(H2,7,8,9). The first kappa shape index (κ1) is 9.83. The molecule has 0 unspecified atom stereocenters. The summed E-state index contributed by atoms with van der Waals surface area (Å²) >= 11 is 1.41. The molecule has 0 spiro atoms. The molecule has 2 N–H and O–H groups in total. The average Bonchev–Trinajstić information content (AvgIpc) is 2.36. The lowest BCUT2D eigenvalue weighted by atomic mass is 10.5. The number of rotatable bonds is 4. The highest BCUT2D eigenvalue weighted by molar-refractivity contribution is 7.51. The molecule has 0 aromatic carbocycles. The van der Waals surface area contributed by atoms with Gasteiger partial charge in [0.25, 0.3) is 0 Å². The fourth-order valence-electron chi connectivity index (χ4n) is 0.578. The second kappa shape index (κ2) is 4.11. The third-order valence-electron chi connectivity index (χ3n) is 0.993. The average molecular weight is 209 g/mol. The van der Waals surface area contributed by atoms with Crippen molar-refractivity contribution in [2.45, 2.75) is 6.61 Å². The third-order valence-corrected chi connectivity index (χ3v) is 2.15. The predicted molar refractivity (Wildman–Crippen MR) is 43.8 cm³/mol. The van der Waals surface area contributed by atoms with E-state index in [-0.39, 0.29) is 6.61 Å². The summed E-state index contributed by atoms with van der Waals surface area (Å²) in [5.74, 6) is 0. The van der Waals surface area contributed by atoms with Crippen LogP contribution in [0.3, 0.4) is 0 Å². The number of aromatic nitrogens is 1. The topological polar surface area (TPSA) is 79.7 Å². The summed E-state index contributed by atoms with van der Waals surface area (Å²) in [6.45, 7) is 0.147. The van der Waals surface area contributed by atoms with Crippen LogP contribution in [-0.4, -0.2) is 21.1 Å². The van der Waals surface area contributed by atoms with E-state index in [1.807, 2.05) is 0 Å². The zero-order valence-electron chi connectivity index (χ0n) is 6.08. The quantitative estimate of drug-likeness (QED) is 0.717. The molecule has 1 aromatic heterocycles. The Morgan fingerprint density at radius 3 is 2.92 bits per heavy atom. The Morgan fingerprint density at radius 1 is 1.67 bits per heavy atom. The van der Waals surface area contributed by atoms with Crippen LogP contribution >= 0.6 is 18.9 Å². The molecule has 0 amide bonds. The summed E-state index contributed by atoms with van der Waals surface area (Å²) in [7, 11) is -4.03. The Labute approximate surface area is 73.2 Å². The maximum Gasteiger partial charge on any atom is 0.350 e. The van der Waals surface area contributed by atoms with Gasteiger partial charge in [-0.25, -0.2) is 4.98 Å². The van der Waals surface area contributed by atoms with E-state index in [1.165, 1.54) is 11.3 Å². The molecular formula is C5H8NO4PS. The molecule has 0 saturated heterocycles. The van der Waals surface area contributed by atoms with Crippen LogP contribution in [0.25, 0.3) is 0 Å². The Balaban J connectivity index is 2.24. The molecule has 1 aromatic rings. The van der Waals surface area contributed by atoms with Gasteiger partial charge in [-0.2, -0.15) is 0 Å². The molecule has 5 nitrogen and oxygen atoms in total. The van der Waals surface area contributed by atoms with Gasteiger partial charge in [-0.1, -0.05) is 0 Å². The predicted octanol–water partition coefficient (Wildman–Crippen LogP) is 0.795. The summed E-state index contributed by atoms with van der Waals surface area (Å²) in [5, 5.41) is 1.76. The fourth-order valence-corrected chi connectivity index (χ4v) is 1.45. The van der Waals surface area contributed by atoms with Crippen molar-refractivity contribution in [1.29, 1.82) is 0 Å². The van der Waals surface area contributed by atoms with Crippen molar-refractivity contribution in [3.05, 3.63) is 16.6 Å². The second-order valence-corrected chi connectivity index (χ2v) is 4.43. The van der Waals surface area contributed by atoms with Gasteiger partial charge in [-0.05, 0) is 0 Å². The van der Waals surface area contributed by atoms with E-state index in [0.717, 1.165) is 0 Å². The molecule has 1 heterocycles. The van der Waals surface area contributed by atoms with Gasteiger partial charge in [-0.15, -0.1) is 11.3 Å². The van der Waals surface area contributed by atoms with Crippen LogP contribution in [0.1, 0.15) is 5.69 Å². The molecule has 0 radical (unpaired) electrons. The van der Waals surface area contributed by atoms with Crippen molar-refractivity contribution in [3.63, 3.8) is 0 Å². The Bertz CT molecular complexity index is 269. The smallest absolute Gasteiger partial charge is 0.350 e. The number of hydrogen-bond acceptors (Lipinski definition) is 4. The molecule has 0 aliphatic heterocycles. The van der Waals surface area contributed by atoms with Crippen LogP contribution < -0.4 is 0 Å². The molecule has 0 saturated carbocycles. The SMILES string of the molecule is O=P(O)(O)COCc1cscn1. The molecule has 1 rings (SSSR count). The van der Waals surface area contributed by atoms with Gasteiger partial charge in [0.15, 0.2) is 0 Å². The van der Waals surface area contributed by atoms with Crippen LogP contribution in [-0.2, 0) is 15.9 Å². The van der Waals surface area contributed by atoms with Crippen molar-refractivity contribution < 1.29 is 19.1 Å². The monoisotopic (exact) mass is 209 g/mol. The van der Waals surface area contributed by atoms with E-state index < -0.39 is 13.9 Å². The molecule has 0 aliphatic rings. The highest BCUT2D eigenvalue weighted by Crippen LogP contribution is 2.34. The van der Waals surface area contributed by atoms with E-state index in [9.17, 15) is 4.57 Å². The lowest BCUT2D eigenvalue weighted by Crippen LogP contribution is -1.96. The Kier molecular flexibility index (Phi) is 3.37. The van der Waals surface area contributed by atoms with Gasteiger partial charge in [0, 0.05) is 5.38 Å². The zero-order valence-corrected chi connectivity index (χ0v) is 7.79. The van der Waals surface area contributed by atoms with Gasteiger partial charge < -0.3 is 14.5 Å². The van der Waals surface area contributed by atoms with Crippen molar-refractivity contribution in [3.8, 4) is 0 Å². The number of nitrogens with zero attached hydrogens (tertiary/aromatic N) is 1. The first-order valence-corrected chi connectivity index (χ1v) is 5.81. The van der Waals surface area contributed by atoms with Gasteiger partial charge in [0.1, 0.15) is 6.35 Å². The summed E-state index contributed by atoms with van der Waals surface area (Å²) < 4.78 is 15.0. The molecule has 12 heavy (non-hydrogen) atoms. The van der Waals surface area contributed by atoms with Gasteiger partial charge in [0.05, 0.1) is 17.8 Å². The minimum absolute atomic E-state index is 0.147. The molecule has 0 atom stereocenters. The van der Waals surface area contributed by atoms with E-state index >= 15 is 0 Å². The van der Waals surface area contributed by atoms with Gasteiger partial charge in [0.2, 0.25) is 0 Å². The van der Waals surface area contributed by atoms with Gasteiger partial charge >= 0.3 is 7.60 Å². The molecular weight excluding hydrogens is 201 g/mol. The van der Waals surface area contributed by atoms with Crippen LogP contribution in [0.15, 0.2) is 10.9 Å². The van der Waals surface area contributed by atoms with Crippen molar-refractivity contribution in [2.75, 3.05) is 6.35 Å². The summed E-state index contributed by atoms with van der Waals surface area (Å²) in [6.07, 6.45) is -0.551. The van der Waals surface area contributed by atoms with E-state index in [2.05, 4.69) is 4.98 Å². The zero-order chi connectivity index (χ0) is 9.03. The maximum absolute atomic E-state index is 10.3. The normalized spacial score (nSPS) is 11.8. The molecule has 0 bridgehead atoms. The molecule has 0 fully saturated rings. The Hall–Kier alpha value is -0.260. The molecule has 68 valence electrons. The minimum atomic E-state index is -4.03. The minimum Gasteiger partial charge on any atom is -0.363 e. The van der Waals surface area contributed by atoms with Crippen molar-refractivity contribution >= 4 is 18.9 Å². The summed E-state index contributed by atoms with van der Waals surface area (Å²) in [6, 6.07) is 0. The van der Waals surface area contributed by atoms with E-state index in [1.54, 1.807) is 10.9 Å². The first-order chi connectivity index (χ1) is 5.58. The van der Waals surface area contributed by atoms with Crippen molar-refractivity contribution in [2.24, 2.45) is 0 Å². The fraction of sp³-hybridized carbons (Fsp3) is 0.400. The van der Waals surface area contributed by atoms with Crippen LogP contribution in [0.2, 0.25) is 0 Å². The van der Waals surface area contributed by atoms with E-state index in [0.29, 0.717) is 5.69 Å². The third kappa shape index (κ3) is 3.94. The van der Waals surface area contributed by atoms with Gasteiger partial charge in [-0.3, -0.25) is 4.57 Å². The lowest BCUT2D eigenvalue weighted by molar-refractivity contribution is 0.142. The summed E-state index contributed by atoms with van der Waals surface area (Å²) in [5.41, 5.74) is 2.32. The molecule has 7 heteroatoms.